The summed E-state index contributed by atoms with van der Waals surface area (Å²) in [6.07, 6.45) is 0. The molecule has 0 bridgehead atoms. The van der Waals surface area contributed by atoms with Crippen LogP contribution in [0, 0.1) is 5.82 Å². The minimum atomic E-state index is -0.299. The van der Waals surface area contributed by atoms with Crippen LogP contribution in [0.5, 0.6) is 0 Å². The van der Waals surface area contributed by atoms with E-state index in [0.29, 0.717) is 5.56 Å². The van der Waals surface area contributed by atoms with Crippen molar-refractivity contribution in [2.24, 2.45) is 5.73 Å². The summed E-state index contributed by atoms with van der Waals surface area (Å²) in [4.78, 5) is 1.82. The van der Waals surface area contributed by atoms with Gasteiger partial charge in [-0.15, -0.1) is 0 Å². The number of hydrogen-bond acceptors (Lipinski definition) is 3. The fourth-order valence-electron chi connectivity index (χ4n) is 1.44. The molecule has 1 rings (SSSR count). The van der Waals surface area contributed by atoms with Crippen molar-refractivity contribution in [1.82, 2.24) is 0 Å². The predicted octanol–water partition coefficient (Wildman–Crippen LogP) is 1.10. The summed E-state index contributed by atoms with van der Waals surface area (Å²) in [6.45, 7) is 2.05. The Balaban J connectivity index is 3.07. The molecule has 3 nitrogen and oxygen atoms in total. The van der Waals surface area contributed by atoms with Crippen LogP contribution in [-0.4, -0.2) is 24.8 Å². The molecule has 0 aliphatic carbocycles. The minimum Gasteiger partial charge on any atom is -0.394 e. The summed E-state index contributed by atoms with van der Waals surface area (Å²) in [5, 5.41) is 9.03. The topological polar surface area (TPSA) is 49.5 Å². The molecule has 0 saturated carbocycles. The van der Waals surface area contributed by atoms with Crippen LogP contribution in [0.2, 0.25) is 0 Å². The van der Waals surface area contributed by atoms with E-state index in [1.807, 2.05) is 18.9 Å². The van der Waals surface area contributed by atoms with Gasteiger partial charge in [0.2, 0.25) is 0 Å². The van der Waals surface area contributed by atoms with Crippen LogP contribution < -0.4 is 10.6 Å². The average molecular weight is 212 g/mol. The fraction of sp³-hybridized carbons (Fsp3) is 0.455. The van der Waals surface area contributed by atoms with Crippen LogP contribution in [-0.2, 0) is 6.54 Å². The van der Waals surface area contributed by atoms with Crippen molar-refractivity contribution in [2.45, 2.75) is 19.5 Å². The molecule has 1 unspecified atom stereocenters. The van der Waals surface area contributed by atoms with Crippen molar-refractivity contribution in [3.8, 4) is 0 Å². The summed E-state index contributed by atoms with van der Waals surface area (Å²) in [5.41, 5.74) is 6.72. The molecule has 0 aliphatic heterocycles. The van der Waals surface area contributed by atoms with E-state index in [9.17, 15) is 4.39 Å². The number of hydrogen-bond donors (Lipinski definition) is 2. The number of nitrogens with two attached hydrogens (primary N) is 1. The van der Waals surface area contributed by atoms with Crippen molar-refractivity contribution in [1.29, 1.82) is 0 Å². The van der Waals surface area contributed by atoms with Gasteiger partial charge in [-0.3, -0.25) is 0 Å². The largest absolute Gasteiger partial charge is 0.394 e. The Labute approximate surface area is 89.3 Å². The normalized spacial score (nSPS) is 12.6. The zero-order valence-electron chi connectivity index (χ0n) is 9.07. The third-order valence-electron chi connectivity index (χ3n) is 2.60. The predicted molar refractivity (Wildman–Crippen MR) is 59.2 cm³/mol. The fourth-order valence-corrected chi connectivity index (χ4v) is 1.44. The van der Waals surface area contributed by atoms with Gasteiger partial charge in [0.15, 0.2) is 0 Å². The van der Waals surface area contributed by atoms with Gasteiger partial charge in [-0.2, -0.15) is 0 Å². The maximum Gasteiger partial charge on any atom is 0.129 e. The van der Waals surface area contributed by atoms with E-state index in [2.05, 4.69) is 0 Å². The molecule has 1 aromatic carbocycles. The second-order valence-corrected chi connectivity index (χ2v) is 3.58. The lowest BCUT2D eigenvalue weighted by molar-refractivity contribution is 0.270. The Hall–Kier alpha value is -1.13. The van der Waals surface area contributed by atoms with Gasteiger partial charge >= 0.3 is 0 Å². The standard InChI is InChI=1S/C11H17FN2O/c1-8(7-15)14(2)11-5-3-4-10(12)9(11)6-13/h3-5,8,15H,6-7,13H2,1-2H3. The van der Waals surface area contributed by atoms with Crippen LogP contribution in [0.4, 0.5) is 10.1 Å². The van der Waals surface area contributed by atoms with Gasteiger partial charge in [-0.05, 0) is 19.1 Å². The lowest BCUT2D eigenvalue weighted by Crippen LogP contribution is -2.33. The van der Waals surface area contributed by atoms with E-state index in [1.165, 1.54) is 6.07 Å². The van der Waals surface area contributed by atoms with Crippen molar-refractivity contribution >= 4 is 5.69 Å². The quantitative estimate of drug-likeness (QED) is 0.785. The highest BCUT2D eigenvalue weighted by atomic mass is 19.1. The zero-order chi connectivity index (χ0) is 11.4. The summed E-state index contributed by atoms with van der Waals surface area (Å²) >= 11 is 0. The molecule has 0 fully saturated rings. The zero-order valence-corrected chi connectivity index (χ0v) is 9.07. The molecule has 0 radical (unpaired) electrons. The Kier molecular flexibility index (Phi) is 4.05. The molecular formula is C11H17FN2O. The number of anilines is 1. The third kappa shape index (κ3) is 2.46. The SMILES string of the molecule is CC(CO)N(C)c1cccc(F)c1CN. The second kappa shape index (κ2) is 5.09. The molecule has 0 aliphatic rings. The second-order valence-electron chi connectivity index (χ2n) is 3.58. The summed E-state index contributed by atoms with van der Waals surface area (Å²) < 4.78 is 13.4. The van der Waals surface area contributed by atoms with Crippen molar-refractivity contribution < 1.29 is 9.50 Å². The molecule has 0 heterocycles. The van der Waals surface area contributed by atoms with Crippen LogP contribution in [0.15, 0.2) is 18.2 Å². The summed E-state index contributed by atoms with van der Waals surface area (Å²) in [6, 6.07) is 4.78. The highest BCUT2D eigenvalue weighted by molar-refractivity contribution is 5.54. The number of aliphatic hydroxyl groups excluding tert-OH is 1. The van der Waals surface area contributed by atoms with Crippen molar-refractivity contribution in [3.63, 3.8) is 0 Å². The molecule has 0 spiro atoms. The first-order valence-electron chi connectivity index (χ1n) is 4.93. The number of likely N-dealkylation sites (N-methyl/N-ethyl adjacent to an activating group) is 1. The first-order chi connectivity index (χ1) is 7.11. The van der Waals surface area contributed by atoms with Crippen LogP contribution in [0.25, 0.3) is 0 Å². The molecule has 15 heavy (non-hydrogen) atoms. The van der Waals surface area contributed by atoms with Crippen molar-refractivity contribution in [2.75, 3.05) is 18.6 Å². The molecule has 1 atom stereocenters. The Bertz CT molecular complexity index is 330. The Morgan fingerprint density at radius 1 is 1.53 bits per heavy atom. The molecule has 3 N–H and O–H groups in total. The van der Waals surface area contributed by atoms with Crippen LogP contribution in [0.3, 0.4) is 0 Å². The van der Waals surface area contributed by atoms with Crippen LogP contribution in [0.1, 0.15) is 12.5 Å². The molecule has 4 heteroatoms. The lowest BCUT2D eigenvalue weighted by Gasteiger charge is -2.27. The maximum atomic E-state index is 13.4. The Morgan fingerprint density at radius 3 is 2.73 bits per heavy atom. The van der Waals surface area contributed by atoms with E-state index in [0.717, 1.165) is 5.69 Å². The van der Waals surface area contributed by atoms with E-state index in [1.54, 1.807) is 12.1 Å². The molecule has 0 saturated heterocycles. The number of rotatable bonds is 4. The summed E-state index contributed by atoms with van der Waals surface area (Å²) in [5.74, 6) is -0.299. The number of aliphatic hydroxyl groups is 1. The first-order valence-corrected chi connectivity index (χ1v) is 4.93. The monoisotopic (exact) mass is 212 g/mol. The smallest absolute Gasteiger partial charge is 0.129 e. The number of nitrogens with zero attached hydrogens (tertiary/aromatic N) is 1. The Morgan fingerprint density at radius 2 is 2.20 bits per heavy atom. The molecular weight excluding hydrogens is 195 g/mol. The summed E-state index contributed by atoms with van der Waals surface area (Å²) in [7, 11) is 1.81. The molecule has 1 aromatic rings. The third-order valence-corrected chi connectivity index (χ3v) is 2.60. The van der Waals surface area contributed by atoms with Gasteiger partial charge in [-0.25, -0.2) is 4.39 Å². The van der Waals surface area contributed by atoms with Crippen molar-refractivity contribution in [3.05, 3.63) is 29.6 Å². The van der Waals surface area contributed by atoms with E-state index in [4.69, 9.17) is 10.8 Å². The lowest BCUT2D eigenvalue weighted by atomic mass is 10.1. The van der Waals surface area contributed by atoms with Crippen LogP contribution >= 0.6 is 0 Å². The average Bonchev–Trinajstić information content (AvgIpc) is 2.26. The number of halogens is 1. The molecule has 84 valence electrons. The first kappa shape index (κ1) is 11.9. The van der Waals surface area contributed by atoms with Gasteiger partial charge < -0.3 is 15.7 Å². The maximum absolute atomic E-state index is 13.4. The van der Waals surface area contributed by atoms with E-state index >= 15 is 0 Å². The van der Waals surface area contributed by atoms with Gasteiger partial charge in [0.1, 0.15) is 5.82 Å². The highest BCUT2D eigenvalue weighted by Crippen LogP contribution is 2.23. The number of benzene rings is 1. The van der Waals surface area contributed by atoms with Gasteiger partial charge in [-0.1, -0.05) is 6.07 Å². The highest BCUT2D eigenvalue weighted by Gasteiger charge is 2.14. The van der Waals surface area contributed by atoms with Gasteiger partial charge in [0.25, 0.3) is 0 Å². The van der Waals surface area contributed by atoms with Gasteiger partial charge in [0, 0.05) is 30.9 Å². The van der Waals surface area contributed by atoms with E-state index in [-0.39, 0.29) is 25.0 Å². The van der Waals surface area contributed by atoms with Gasteiger partial charge in [0.05, 0.1) is 6.61 Å². The molecule has 0 amide bonds. The molecule has 0 aromatic heterocycles. The minimum absolute atomic E-state index is 0.0248. The van der Waals surface area contributed by atoms with E-state index < -0.39 is 0 Å².